The first-order valence-corrected chi connectivity index (χ1v) is 5.68. The molecular weight excluding hydrogens is 224 g/mol. The second kappa shape index (κ2) is 4.91. The lowest BCUT2D eigenvalue weighted by Crippen LogP contribution is -2.46. The van der Waals surface area contributed by atoms with Gasteiger partial charge in [-0.25, -0.2) is 4.79 Å². The minimum Gasteiger partial charge on any atom is -0.481 e. The van der Waals surface area contributed by atoms with Gasteiger partial charge in [0, 0.05) is 13.1 Å². The number of hydrogen-bond acceptors (Lipinski definition) is 3. The van der Waals surface area contributed by atoms with Crippen molar-refractivity contribution in [2.24, 2.45) is 5.41 Å². The summed E-state index contributed by atoms with van der Waals surface area (Å²) in [7, 11) is 0. The summed E-state index contributed by atoms with van der Waals surface area (Å²) in [6.45, 7) is 4.00. The molecule has 0 radical (unpaired) electrons. The number of carbonyl (C=O) groups excluding carboxylic acids is 1. The van der Waals surface area contributed by atoms with Gasteiger partial charge in [-0.15, -0.1) is 0 Å². The molecule has 1 atom stereocenters. The zero-order valence-corrected chi connectivity index (χ0v) is 10.2. The summed E-state index contributed by atoms with van der Waals surface area (Å²) in [6.07, 6.45) is 1.83. The fraction of sp³-hybridized carbons (Fsp3) is 0.818. The topological polar surface area (TPSA) is 98.7 Å². The molecule has 0 aliphatic heterocycles. The first kappa shape index (κ1) is 13.8. The normalized spacial score (nSPS) is 20.2. The van der Waals surface area contributed by atoms with Crippen molar-refractivity contribution in [2.75, 3.05) is 13.1 Å². The molecule has 6 heteroatoms. The number of nitrogens with one attached hydrogen (secondary N) is 2. The molecule has 0 aromatic rings. The molecule has 1 aliphatic rings. The summed E-state index contributed by atoms with van der Waals surface area (Å²) in [6, 6.07) is -0.371. The highest BCUT2D eigenvalue weighted by molar-refractivity contribution is 5.74. The summed E-state index contributed by atoms with van der Waals surface area (Å²) < 4.78 is 0. The van der Waals surface area contributed by atoms with E-state index in [4.69, 9.17) is 5.11 Å². The molecule has 0 aromatic carbocycles. The van der Waals surface area contributed by atoms with Crippen molar-refractivity contribution in [3.63, 3.8) is 0 Å². The molecule has 17 heavy (non-hydrogen) atoms. The van der Waals surface area contributed by atoms with E-state index in [1.165, 1.54) is 6.92 Å². The molecule has 2 amide bonds. The van der Waals surface area contributed by atoms with Crippen LogP contribution < -0.4 is 10.6 Å². The Morgan fingerprint density at radius 2 is 1.94 bits per heavy atom. The number of amides is 2. The smallest absolute Gasteiger partial charge is 0.314 e. The first-order chi connectivity index (χ1) is 7.72. The van der Waals surface area contributed by atoms with Crippen LogP contribution in [0, 0.1) is 5.41 Å². The highest BCUT2D eigenvalue weighted by Gasteiger charge is 2.37. The molecule has 1 saturated carbocycles. The highest BCUT2D eigenvalue weighted by Crippen LogP contribution is 2.43. The number of aliphatic carboxylic acids is 1. The van der Waals surface area contributed by atoms with Gasteiger partial charge in [-0.3, -0.25) is 4.79 Å². The maximum atomic E-state index is 11.4. The van der Waals surface area contributed by atoms with Crippen molar-refractivity contribution in [1.29, 1.82) is 0 Å². The van der Waals surface area contributed by atoms with Gasteiger partial charge in [-0.1, -0.05) is 6.92 Å². The molecule has 98 valence electrons. The van der Waals surface area contributed by atoms with Crippen LogP contribution in [0.1, 0.15) is 33.1 Å². The van der Waals surface area contributed by atoms with Crippen LogP contribution in [0.15, 0.2) is 0 Å². The van der Waals surface area contributed by atoms with Crippen molar-refractivity contribution < 1.29 is 19.8 Å². The quantitative estimate of drug-likeness (QED) is 0.540. The van der Waals surface area contributed by atoms with Crippen molar-refractivity contribution in [3.05, 3.63) is 0 Å². The summed E-state index contributed by atoms with van der Waals surface area (Å²) >= 11 is 0. The summed E-state index contributed by atoms with van der Waals surface area (Å²) in [5.41, 5.74) is -1.20. The van der Waals surface area contributed by atoms with Gasteiger partial charge in [-0.2, -0.15) is 0 Å². The van der Waals surface area contributed by atoms with Crippen LogP contribution in [-0.2, 0) is 4.79 Å². The summed E-state index contributed by atoms with van der Waals surface area (Å²) in [4.78, 5) is 21.8. The van der Waals surface area contributed by atoms with Crippen LogP contribution in [0.2, 0.25) is 0 Å². The number of carboxylic acids is 1. The Hall–Kier alpha value is -1.30. The molecule has 0 aromatic heterocycles. The molecule has 6 nitrogen and oxygen atoms in total. The number of rotatable bonds is 6. The van der Waals surface area contributed by atoms with Gasteiger partial charge in [0.05, 0.1) is 12.0 Å². The lowest BCUT2D eigenvalue weighted by molar-refractivity contribution is -0.141. The fourth-order valence-corrected chi connectivity index (χ4v) is 1.41. The van der Waals surface area contributed by atoms with Crippen molar-refractivity contribution in [3.8, 4) is 0 Å². The third-order valence-corrected chi connectivity index (χ3v) is 2.94. The summed E-state index contributed by atoms with van der Waals surface area (Å²) in [5, 5.41) is 23.4. The van der Waals surface area contributed by atoms with E-state index in [2.05, 4.69) is 17.6 Å². The van der Waals surface area contributed by atoms with Crippen molar-refractivity contribution in [2.45, 2.75) is 38.7 Å². The second-order valence-corrected chi connectivity index (χ2v) is 5.41. The van der Waals surface area contributed by atoms with E-state index in [0.717, 1.165) is 12.8 Å². The predicted octanol–water partition coefficient (Wildman–Crippen LogP) is 0.311. The van der Waals surface area contributed by atoms with E-state index in [9.17, 15) is 14.7 Å². The molecule has 1 rings (SSSR count). The Bertz CT molecular complexity index is 311. The van der Waals surface area contributed by atoms with E-state index in [1.54, 1.807) is 0 Å². The SMILES string of the molecule is CC(O)(CNC(=O)NCC1(C)CC1)CC(=O)O. The van der Waals surface area contributed by atoms with Crippen LogP contribution in [0.25, 0.3) is 0 Å². The maximum absolute atomic E-state index is 11.4. The lowest BCUT2D eigenvalue weighted by Gasteiger charge is -2.21. The highest BCUT2D eigenvalue weighted by atomic mass is 16.4. The minimum absolute atomic E-state index is 0.0815. The Morgan fingerprint density at radius 3 is 2.41 bits per heavy atom. The Morgan fingerprint density at radius 1 is 1.35 bits per heavy atom. The molecular formula is C11H20N2O4. The molecule has 1 aliphatic carbocycles. The minimum atomic E-state index is -1.42. The zero-order valence-electron chi connectivity index (χ0n) is 10.2. The van der Waals surface area contributed by atoms with Crippen LogP contribution in [0.5, 0.6) is 0 Å². The summed E-state index contributed by atoms with van der Waals surface area (Å²) in [5.74, 6) is -1.09. The largest absolute Gasteiger partial charge is 0.481 e. The van der Waals surface area contributed by atoms with Crippen LogP contribution >= 0.6 is 0 Å². The number of hydrogen-bond donors (Lipinski definition) is 4. The standard InChI is InChI=1S/C11H20N2O4/c1-10(3-4-10)6-12-9(16)13-7-11(2,17)5-8(14)15/h17H,3-7H2,1-2H3,(H,14,15)(H2,12,13,16). The van der Waals surface area contributed by atoms with Crippen molar-refractivity contribution in [1.82, 2.24) is 10.6 Å². The molecule has 0 spiro atoms. The van der Waals surface area contributed by atoms with E-state index in [1.807, 2.05) is 0 Å². The van der Waals surface area contributed by atoms with Crippen LogP contribution in [-0.4, -0.2) is 40.9 Å². The van der Waals surface area contributed by atoms with E-state index < -0.39 is 18.0 Å². The van der Waals surface area contributed by atoms with Gasteiger partial charge in [0.15, 0.2) is 0 Å². The molecule has 0 bridgehead atoms. The second-order valence-electron chi connectivity index (χ2n) is 5.41. The maximum Gasteiger partial charge on any atom is 0.314 e. The fourth-order valence-electron chi connectivity index (χ4n) is 1.41. The number of carboxylic acid groups (broad SMARTS) is 1. The van der Waals surface area contributed by atoms with Gasteiger partial charge < -0.3 is 20.8 Å². The lowest BCUT2D eigenvalue weighted by atomic mass is 10.0. The molecule has 1 fully saturated rings. The number of carbonyl (C=O) groups is 2. The van der Waals surface area contributed by atoms with E-state index in [-0.39, 0.29) is 18.0 Å². The monoisotopic (exact) mass is 244 g/mol. The zero-order chi connectivity index (χ0) is 13.1. The van der Waals surface area contributed by atoms with E-state index >= 15 is 0 Å². The van der Waals surface area contributed by atoms with E-state index in [0.29, 0.717) is 6.54 Å². The average molecular weight is 244 g/mol. The third-order valence-electron chi connectivity index (χ3n) is 2.94. The predicted molar refractivity (Wildman–Crippen MR) is 61.6 cm³/mol. The van der Waals surface area contributed by atoms with Gasteiger partial charge in [0.25, 0.3) is 0 Å². The molecule has 4 N–H and O–H groups in total. The Labute approximate surface area is 100 Å². The van der Waals surface area contributed by atoms with Crippen LogP contribution in [0.4, 0.5) is 4.79 Å². The molecule has 0 saturated heterocycles. The molecule has 0 heterocycles. The molecule has 1 unspecified atom stereocenters. The Kier molecular flexibility index (Phi) is 3.98. The average Bonchev–Trinajstić information content (AvgIpc) is 2.89. The van der Waals surface area contributed by atoms with Gasteiger partial charge >= 0.3 is 12.0 Å². The van der Waals surface area contributed by atoms with Crippen molar-refractivity contribution >= 4 is 12.0 Å². The number of urea groups is 1. The third kappa shape index (κ3) is 5.53. The Balaban J connectivity index is 2.20. The number of aliphatic hydroxyl groups is 1. The van der Waals surface area contributed by atoms with Gasteiger partial charge in [0.2, 0.25) is 0 Å². The first-order valence-electron chi connectivity index (χ1n) is 5.68. The van der Waals surface area contributed by atoms with Gasteiger partial charge in [0.1, 0.15) is 0 Å². The van der Waals surface area contributed by atoms with Gasteiger partial charge in [-0.05, 0) is 25.2 Å². The van der Waals surface area contributed by atoms with Crippen LogP contribution in [0.3, 0.4) is 0 Å².